The van der Waals surface area contributed by atoms with Crippen molar-refractivity contribution in [3.63, 3.8) is 0 Å². The van der Waals surface area contributed by atoms with Crippen LogP contribution in [0.4, 0.5) is 5.69 Å². The third kappa shape index (κ3) is 4.30. The van der Waals surface area contributed by atoms with Crippen LogP contribution in [0.25, 0.3) is 16.7 Å². The number of fused-ring (bicyclic) bond motifs is 3. The van der Waals surface area contributed by atoms with Gasteiger partial charge in [-0.25, -0.2) is 13.9 Å². The van der Waals surface area contributed by atoms with Gasteiger partial charge in [0.15, 0.2) is 0 Å². The molecule has 0 saturated heterocycles. The van der Waals surface area contributed by atoms with E-state index in [1.807, 2.05) is 25.1 Å². The third-order valence-corrected chi connectivity index (χ3v) is 6.81. The molecule has 1 saturated carbocycles. The minimum absolute atomic E-state index is 0.0889. The average Bonchev–Trinajstić information content (AvgIpc) is 3.20. The first-order valence-electron chi connectivity index (χ1n) is 12.1. The number of carbonyl (C=O) groups excluding carboxylic acids is 2. The smallest absolute Gasteiger partial charge is 0.349 e. The van der Waals surface area contributed by atoms with Crippen molar-refractivity contribution in [3.05, 3.63) is 74.4 Å². The van der Waals surface area contributed by atoms with Crippen LogP contribution in [0.2, 0.25) is 0 Å². The van der Waals surface area contributed by atoms with Crippen LogP contribution in [-0.4, -0.2) is 36.6 Å². The molecule has 0 radical (unpaired) electrons. The maximum atomic E-state index is 13.3. The molecule has 186 valence electrons. The Labute approximate surface area is 206 Å². The quantitative estimate of drug-likeness (QED) is 0.447. The van der Waals surface area contributed by atoms with Crippen LogP contribution in [0.5, 0.6) is 0 Å². The number of anilines is 1. The SMILES string of the molecule is Cc1ccccc1NC(=O)Cn1nc2n(C)c(=O)c3ccc(C(=O)NC4CCCCC4)cc3n2c1=O. The molecule has 2 heterocycles. The van der Waals surface area contributed by atoms with Crippen LogP contribution in [0.1, 0.15) is 48.0 Å². The molecule has 2 aromatic heterocycles. The van der Waals surface area contributed by atoms with E-state index in [9.17, 15) is 19.2 Å². The first-order valence-corrected chi connectivity index (χ1v) is 12.1. The Bertz CT molecular complexity index is 1610. The molecule has 0 unspecified atom stereocenters. The van der Waals surface area contributed by atoms with Gasteiger partial charge in [-0.3, -0.25) is 19.0 Å². The van der Waals surface area contributed by atoms with E-state index < -0.39 is 11.6 Å². The lowest BCUT2D eigenvalue weighted by molar-refractivity contribution is -0.117. The van der Waals surface area contributed by atoms with E-state index in [1.54, 1.807) is 24.3 Å². The lowest BCUT2D eigenvalue weighted by Crippen LogP contribution is -2.36. The van der Waals surface area contributed by atoms with E-state index in [1.165, 1.54) is 22.4 Å². The van der Waals surface area contributed by atoms with Crippen molar-refractivity contribution in [1.82, 2.24) is 24.1 Å². The summed E-state index contributed by atoms with van der Waals surface area (Å²) in [4.78, 5) is 51.9. The Morgan fingerprint density at radius 3 is 2.56 bits per heavy atom. The molecule has 10 nitrogen and oxygen atoms in total. The number of carbonyl (C=O) groups is 2. The van der Waals surface area contributed by atoms with Crippen LogP contribution in [0.15, 0.2) is 52.1 Å². The second-order valence-electron chi connectivity index (χ2n) is 9.34. The number of aryl methyl sites for hydroxylation is 2. The van der Waals surface area contributed by atoms with Crippen molar-refractivity contribution in [2.45, 2.75) is 51.6 Å². The fraction of sp³-hybridized carbons (Fsp3) is 0.346. The molecule has 0 spiro atoms. The largest absolute Gasteiger partial charge is 0.352 e. The highest BCUT2D eigenvalue weighted by molar-refractivity contribution is 5.98. The second-order valence-corrected chi connectivity index (χ2v) is 9.34. The van der Waals surface area contributed by atoms with Crippen molar-refractivity contribution in [2.24, 2.45) is 7.05 Å². The number of aromatic nitrogens is 4. The first kappa shape index (κ1) is 23.5. The maximum absolute atomic E-state index is 13.3. The molecule has 0 aliphatic heterocycles. The van der Waals surface area contributed by atoms with Crippen molar-refractivity contribution in [1.29, 1.82) is 0 Å². The summed E-state index contributed by atoms with van der Waals surface area (Å²) in [5.41, 5.74) is 1.25. The predicted molar refractivity (Wildman–Crippen MR) is 136 cm³/mol. The lowest BCUT2D eigenvalue weighted by Gasteiger charge is -2.22. The Hall–Kier alpha value is -4.21. The molecule has 5 rings (SSSR count). The summed E-state index contributed by atoms with van der Waals surface area (Å²) in [5.74, 6) is -0.571. The highest BCUT2D eigenvalue weighted by Crippen LogP contribution is 2.19. The zero-order valence-corrected chi connectivity index (χ0v) is 20.3. The topological polar surface area (TPSA) is 120 Å². The molecule has 2 aromatic carbocycles. The summed E-state index contributed by atoms with van der Waals surface area (Å²) in [6.07, 6.45) is 5.25. The van der Waals surface area contributed by atoms with Gasteiger partial charge in [-0.1, -0.05) is 37.5 Å². The fourth-order valence-electron chi connectivity index (χ4n) is 4.79. The number of nitrogens with one attached hydrogen (secondary N) is 2. The van der Waals surface area contributed by atoms with Crippen molar-refractivity contribution in [2.75, 3.05) is 5.32 Å². The van der Waals surface area contributed by atoms with Gasteiger partial charge in [0.05, 0.1) is 10.9 Å². The lowest BCUT2D eigenvalue weighted by atomic mass is 9.95. The molecule has 0 atom stereocenters. The summed E-state index contributed by atoms with van der Waals surface area (Å²) in [5, 5.41) is 10.4. The van der Waals surface area contributed by atoms with E-state index in [0.29, 0.717) is 11.3 Å². The Morgan fingerprint density at radius 2 is 1.81 bits per heavy atom. The van der Waals surface area contributed by atoms with Gasteiger partial charge in [-0.05, 0) is 49.6 Å². The highest BCUT2D eigenvalue weighted by atomic mass is 16.2. The molecule has 36 heavy (non-hydrogen) atoms. The molecule has 1 aliphatic carbocycles. The normalized spacial score (nSPS) is 14.3. The fourth-order valence-corrected chi connectivity index (χ4v) is 4.79. The van der Waals surface area contributed by atoms with Crippen LogP contribution in [-0.2, 0) is 18.4 Å². The number of hydrogen-bond donors (Lipinski definition) is 2. The number of para-hydroxylation sites is 1. The zero-order chi connectivity index (χ0) is 25.4. The van der Waals surface area contributed by atoms with Crippen LogP contribution in [0, 0.1) is 6.92 Å². The molecule has 10 heteroatoms. The Morgan fingerprint density at radius 1 is 1.06 bits per heavy atom. The molecular weight excluding hydrogens is 460 g/mol. The summed E-state index contributed by atoms with van der Waals surface area (Å²) < 4.78 is 3.56. The molecule has 1 fully saturated rings. The van der Waals surface area contributed by atoms with Crippen LogP contribution < -0.4 is 21.9 Å². The van der Waals surface area contributed by atoms with E-state index in [4.69, 9.17) is 0 Å². The van der Waals surface area contributed by atoms with Crippen molar-refractivity contribution < 1.29 is 9.59 Å². The summed E-state index contributed by atoms with van der Waals surface area (Å²) in [6.45, 7) is 1.54. The van der Waals surface area contributed by atoms with Gasteiger partial charge in [0.1, 0.15) is 6.54 Å². The number of rotatable bonds is 5. The van der Waals surface area contributed by atoms with E-state index in [0.717, 1.165) is 35.9 Å². The number of amides is 2. The Balaban J connectivity index is 1.52. The van der Waals surface area contributed by atoms with Gasteiger partial charge >= 0.3 is 5.69 Å². The molecule has 2 N–H and O–H groups in total. The molecule has 2 amide bonds. The standard InChI is InChI=1S/C26H28N6O4/c1-16-8-6-7-11-20(16)28-22(33)15-31-26(36)32-21-14-17(23(34)27-18-9-4-3-5-10-18)12-13-19(21)24(35)30(2)25(32)29-31/h6-8,11-14,18H,3-5,9-10,15H2,1-2H3,(H,27,34)(H,28,33). The Kier molecular flexibility index (Phi) is 6.17. The van der Waals surface area contributed by atoms with Gasteiger partial charge in [0.25, 0.3) is 11.5 Å². The van der Waals surface area contributed by atoms with Crippen LogP contribution in [0.3, 0.4) is 0 Å². The van der Waals surface area contributed by atoms with Gasteiger partial charge in [-0.2, -0.15) is 0 Å². The predicted octanol–water partition coefficient (Wildman–Crippen LogP) is 2.36. The summed E-state index contributed by atoms with van der Waals surface area (Å²) in [6, 6.07) is 12.1. The zero-order valence-electron chi connectivity index (χ0n) is 20.3. The average molecular weight is 489 g/mol. The number of nitrogens with zero attached hydrogens (tertiary/aromatic N) is 4. The third-order valence-electron chi connectivity index (χ3n) is 6.81. The number of benzene rings is 2. The monoisotopic (exact) mass is 488 g/mol. The van der Waals surface area contributed by atoms with Crippen molar-refractivity contribution >= 4 is 34.2 Å². The minimum Gasteiger partial charge on any atom is -0.349 e. The van der Waals surface area contributed by atoms with Crippen molar-refractivity contribution in [3.8, 4) is 0 Å². The van der Waals surface area contributed by atoms with E-state index in [2.05, 4.69) is 15.7 Å². The van der Waals surface area contributed by atoms with E-state index >= 15 is 0 Å². The molecule has 1 aliphatic rings. The van der Waals surface area contributed by atoms with E-state index in [-0.39, 0.29) is 40.7 Å². The van der Waals surface area contributed by atoms with Gasteiger partial charge in [0.2, 0.25) is 11.7 Å². The van der Waals surface area contributed by atoms with Gasteiger partial charge in [-0.15, -0.1) is 5.10 Å². The molecular formula is C26H28N6O4. The second kappa shape index (κ2) is 9.44. The van der Waals surface area contributed by atoms with Gasteiger partial charge < -0.3 is 10.6 Å². The summed E-state index contributed by atoms with van der Waals surface area (Å²) in [7, 11) is 1.52. The number of hydrogen-bond acceptors (Lipinski definition) is 5. The minimum atomic E-state index is -0.574. The summed E-state index contributed by atoms with van der Waals surface area (Å²) >= 11 is 0. The molecule has 4 aromatic rings. The maximum Gasteiger partial charge on any atom is 0.352 e. The first-order chi connectivity index (χ1) is 17.3. The highest BCUT2D eigenvalue weighted by Gasteiger charge is 2.20. The molecule has 0 bridgehead atoms. The van der Waals surface area contributed by atoms with Crippen LogP contribution >= 0.6 is 0 Å². The van der Waals surface area contributed by atoms with Gasteiger partial charge in [0, 0.05) is 24.3 Å².